The van der Waals surface area contributed by atoms with Gasteiger partial charge in [0, 0.05) is 6.61 Å². The average molecular weight is 252 g/mol. The summed E-state index contributed by atoms with van der Waals surface area (Å²) in [5, 5.41) is 21.7. The molecule has 1 aliphatic rings. The Labute approximate surface area is 112 Å². The number of nitrogens with zero attached hydrogens (tertiary/aromatic N) is 1. The minimum absolute atomic E-state index is 0.194. The van der Waals surface area contributed by atoms with E-state index in [9.17, 15) is 5.26 Å². The molecule has 0 spiro atoms. The molecular formula is C15H28N2O. The maximum absolute atomic E-state index is 9.48. The Morgan fingerprint density at radius 3 is 2.61 bits per heavy atom. The zero-order chi connectivity index (χ0) is 13.6. The van der Waals surface area contributed by atoms with Crippen molar-refractivity contribution in [1.29, 1.82) is 5.26 Å². The van der Waals surface area contributed by atoms with Crippen LogP contribution >= 0.6 is 0 Å². The van der Waals surface area contributed by atoms with Gasteiger partial charge in [0.05, 0.1) is 6.07 Å². The van der Waals surface area contributed by atoms with Gasteiger partial charge in [0.25, 0.3) is 0 Å². The van der Waals surface area contributed by atoms with Crippen molar-refractivity contribution < 1.29 is 5.11 Å². The van der Waals surface area contributed by atoms with Gasteiger partial charge < -0.3 is 5.11 Å². The normalized spacial score (nSPS) is 29.6. The second-order valence-electron chi connectivity index (χ2n) is 6.69. The fourth-order valence-electron chi connectivity index (χ4n) is 2.94. The van der Waals surface area contributed by atoms with E-state index < -0.39 is 0 Å². The second kappa shape index (κ2) is 6.54. The molecule has 0 amide bonds. The van der Waals surface area contributed by atoms with E-state index in [4.69, 9.17) is 5.11 Å². The van der Waals surface area contributed by atoms with Gasteiger partial charge >= 0.3 is 0 Å². The van der Waals surface area contributed by atoms with E-state index in [0.717, 1.165) is 38.6 Å². The van der Waals surface area contributed by atoms with E-state index in [1.165, 1.54) is 6.42 Å². The Bertz CT molecular complexity index is 290. The van der Waals surface area contributed by atoms with Gasteiger partial charge in [0.2, 0.25) is 0 Å². The first-order valence-corrected chi connectivity index (χ1v) is 7.21. The van der Waals surface area contributed by atoms with Crippen molar-refractivity contribution in [3.8, 4) is 6.07 Å². The molecule has 3 heteroatoms. The Hall–Kier alpha value is -0.590. The molecule has 0 heterocycles. The van der Waals surface area contributed by atoms with Crippen LogP contribution in [0, 0.1) is 22.7 Å². The lowest BCUT2D eigenvalue weighted by Gasteiger charge is -2.31. The molecule has 0 aromatic rings. The highest BCUT2D eigenvalue weighted by Crippen LogP contribution is 2.39. The molecule has 0 saturated heterocycles. The molecule has 0 bridgehead atoms. The second-order valence-corrected chi connectivity index (χ2v) is 6.69. The smallest absolute Gasteiger partial charge is 0.106 e. The summed E-state index contributed by atoms with van der Waals surface area (Å²) >= 11 is 0. The van der Waals surface area contributed by atoms with Gasteiger partial charge in [-0.05, 0) is 50.0 Å². The van der Waals surface area contributed by atoms with E-state index in [1.807, 2.05) is 0 Å². The van der Waals surface area contributed by atoms with Crippen LogP contribution in [-0.2, 0) is 0 Å². The van der Waals surface area contributed by atoms with Crippen LogP contribution in [0.4, 0.5) is 0 Å². The topological polar surface area (TPSA) is 56.0 Å². The van der Waals surface area contributed by atoms with Gasteiger partial charge in [0.15, 0.2) is 0 Å². The van der Waals surface area contributed by atoms with Gasteiger partial charge in [-0.15, -0.1) is 0 Å². The van der Waals surface area contributed by atoms with Crippen LogP contribution in [0.1, 0.15) is 59.3 Å². The van der Waals surface area contributed by atoms with Crippen LogP contribution in [0.15, 0.2) is 0 Å². The number of rotatable bonds is 4. The Morgan fingerprint density at radius 2 is 2.06 bits per heavy atom. The summed E-state index contributed by atoms with van der Waals surface area (Å²) in [5.74, 6) is 0.715. The molecule has 2 atom stereocenters. The number of aliphatic hydroxyl groups is 1. The molecule has 104 valence electrons. The molecule has 2 unspecified atom stereocenters. The minimum atomic E-state index is -0.352. The van der Waals surface area contributed by atoms with Crippen LogP contribution in [-0.4, -0.2) is 23.8 Å². The first-order valence-electron chi connectivity index (χ1n) is 7.21. The highest BCUT2D eigenvalue weighted by molar-refractivity contribution is 5.08. The Balaban J connectivity index is 2.60. The van der Waals surface area contributed by atoms with E-state index in [1.54, 1.807) is 0 Å². The number of hydrogen-bond donors (Lipinski definition) is 2. The summed E-state index contributed by atoms with van der Waals surface area (Å²) in [4.78, 5) is 0. The van der Waals surface area contributed by atoms with Crippen LogP contribution in [0.3, 0.4) is 0 Å². The molecule has 18 heavy (non-hydrogen) atoms. The number of aliphatic hydroxyl groups excluding tert-OH is 1. The van der Waals surface area contributed by atoms with Crippen molar-refractivity contribution >= 4 is 0 Å². The third kappa shape index (κ3) is 4.26. The van der Waals surface area contributed by atoms with Crippen LogP contribution in [0.5, 0.6) is 0 Å². The van der Waals surface area contributed by atoms with Crippen molar-refractivity contribution in [2.45, 2.75) is 64.8 Å². The predicted molar refractivity (Wildman–Crippen MR) is 74.1 cm³/mol. The highest BCUT2D eigenvalue weighted by Gasteiger charge is 2.35. The van der Waals surface area contributed by atoms with Crippen LogP contribution in [0.2, 0.25) is 0 Å². The molecule has 1 saturated carbocycles. The van der Waals surface area contributed by atoms with E-state index in [-0.39, 0.29) is 12.1 Å². The predicted octanol–water partition coefficient (Wildman–Crippen LogP) is 2.85. The van der Waals surface area contributed by atoms with Crippen molar-refractivity contribution in [1.82, 2.24) is 5.32 Å². The Morgan fingerprint density at radius 1 is 1.33 bits per heavy atom. The molecule has 0 radical (unpaired) electrons. The van der Waals surface area contributed by atoms with Gasteiger partial charge in [-0.25, -0.2) is 0 Å². The van der Waals surface area contributed by atoms with Gasteiger partial charge in [0.1, 0.15) is 5.54 Å². The molecule has 0 aromatic heterocycles. The summed E-state index contributed by atoms with van der Waals surface area (Å²) < 4.78 is 0. The summed E-state index contributed by atoms with van der Waals surface area (Å²) in [6.45, 7) is 7.84. The molecule has 1 fully saturated rings. The zero-order valence-corrected chi connectivity index (χ0v) is 12.1. The van der Waals surface area contributed by atoms with Gasteiger partial charge in [-0.3, -0.25) is 5.32 Å². The SMILES string of the molecule is CC(C)(C)C1CCCC(C#N)(NCCCO)CC1. The average Bonchev–Trinajstić information content (AvgIpc) is 2.52. The molecular weight excluding hydrogens is 224 g/mol. The van der Waals surface area contributed by atoms with Crippen LogP contribution < -0.4 is 5.32 Å². The quantitative estimate of drug-likeness (QED) is 0.597. The maximum atomic E-state index is 9.48. The summed E-state index contributed by atoms with van der Waals surface area (Å²) in [6.07, 6.45) is 6.10. The summed E-state index contributed by atoms with van der Waals surface area (Å²) in [6, 6.07) is 2.50. The van der Waals surface area contributed by atoms with Crippen molar-refractivity contribution in [3.05, 3.63) is 0 Å². The first kappa shape index (κ1) is 15.5. The molecule has 3 nitrogen and oxygen atoms in total. The minimum Gasteiger partial charge on any atom is -0.396 e. The van der Waals surface area contributed by atoms with E-state index in [2.05, 4.69) is 32.2 Å². The highest BCUT2D eigenvalue weighted by atomic mass is 16.3. The fourth-order valence-corrected chi connectivity index (χ4v) is 2.94. The lowest BCUT2D eigenvalue weighted by Crippen LogP contribution is -2.44. The van der Waals surface area contributed by atoms with E-state index >= 15 is 0 Å². The van der Waals surface area contributed by atoms with Crippen LogP contribution in [0.25, 0.3) is 0 Å². The van der Waals surface area contributed by atoms with Gasteiger partial charge in [-0.2, -0.15) is 5.26 Å². The molecule has 1 aliphatic carbocycles. The third-order valence-electron chi connectivity index (χ3n) is 4.31. The lowest BCUT2D eigenvalue weighted by atomic mass is 9.76. The summed E-state index contributed by atoms with van der Waals surface area (Å²) in [5.41, 5.74) is -0.00813. The zero-order valence-electron chi connectivity index (χ0n) is 12.1. The number of nitriles is 1. The standard InChI is InChI=1S/C15H28N2O/c1-14(2,3)13-6-4-8-15(12-16,9-7-13)17-10-5-11-18/h13,17-18H,4-11H2,1-3H3. The first-order chi connectivity index (χ1) is 8.43. The third-order valence-corrected chi connectivity index (χ3v) is 4.31. The number of nitrogens with one attached hydrogen (secondary N) is 1. The van der Waals surface area contributed by atoms with Crippen molar-refractivity contribution in [2.75, 3.05) is 13.2 Å². The molecule has 2 N–H and O–H groups in total. The van der Waals surface area contributed by atoms with E-state index in [0.29, 0.717) is 11.3 Å². The van der Waals surface area contributed by atoms with Crippen molar-refractivity contribution in [3.63, 3.8) is 0 Å². The molecule has 0 aliphatic heterocycles. The van der Waals surface area contributed by atoms with Crippen molar-refractivity contribution in [2.24, 2.45) is 11.3 Å². The molecule has 1 rings (SSSR count). The Kier molecular flexibility index (Phi) is 5.62. The largest absolute Gasteiger partial charge is 0.396 e. The summed E-state index contributed by atoms with van der Waals surface area (Å²) in [7, 11) is 0. The van der Waals surface area contributed by atoms with Gasteiger partial charge in [-0.1, -0.05) is 27.2 Å². The number of hydrogen-bond acceptors (Lipinski definition) is 3. The monoisotopic (exact) mass is 252 g/mol. The molecule has 0 aromatic carbocycles. The lowest BCUT2D eigenvalue weighted by molar-refractivity contribution is 0.210. The maximum Gasteiger partial charge on any atom is 0.106 e. The fraction of sp³-hybridized carbons (Fsp3) is 0.933.